The molecule has 0 aromatic rings. The topological polar surface area (TPSA) is 67.8 Å². The fraction of sp³-hybridized carbons (Fsp3) is 0.960. The molecule has 0 aliphatic carbocycles. The van der Waals surface area contributed by atoms with Crippen molar-refractivity contribution in [2.75, 3.05) is 26.4 Å². The third-order valence-electron chi connectivity index (χ3n) is 5.67. The zero-order valence-corrected chi connectivity index (χ0v) is 20.3. The minimum absolute atomic E-state index is 0.0426. The van der Waals surface area contributed by atoms with Crippen LogP contribution in [0.15, 0.2) is 0 Å². The summed E-state index contributed by atoms with van der Waals surface area (Å²) in [5, 5.41) is 12.0. The molecule has 0 aromatic heterocycles. The van der Waals surface area contributed by atoms with Gasteiger partial charge in [0.25, 0.3) is 0 Å². The lowest BCUT2D eigenvalue weighted by Gasteiger charge is -2.17. The summed E-state index contributed by atoms with van der Waals surface area (Å²) >= 11 is 0. The number of ether oxygens (including phenoxy) is 2. The minimum atomic E-state index is -0.0432. The summed E-state index contributed by atoms with van der Waals surface area (Å²) < 4.78 is 10.9. The van der Waals surface area contributed by atoms with Gasteiger partial charge in [0.15, 0.2) is 0 Å². The Hall–Kier alpha value is -0.650. The van der Waals surface area contributed by atoms with Gasteiger partial charge in [0, 0.05) is 6.42 Å². The lowest BCUT2D eigenvalue weighted by Crippen LogP contribution is -2.30. The summed E-state index contributed by atoms with van der Waals surface area (Å²) in [6.07, 6.45) is 17.5. The molecular formula is C25H51NO4. The highest BCUT2D eigenvalue weighted by Gasteiger charge is 2.11. The molecule has 0 spiro atoms. The minimum Gasteiger partial charge on any atom is -0.466 e. The largest absolute Gasteiger partial charge is 0.466 e. The lowest BCUT2D eigenvalue weighted by atomic mass is 9.92. The van der Waals surface area contributed by atoms with Gasteiger partial charge >= 0.3 is 5.97 Å². The van der Waals surface area contributed by atoms with Gasteiger partial charge in [0.2, 0.25) is 0 Å². The molecule has 0 fully saturated rings. The Bertz CT molecular complexity index is 353. The molecule has 0 radical (unpaired) electrons. The summed E-state index contributed by atoms with van der Waals surface area (Å²) in [6, 6.07) is 0. The predicted octanol–water partition coefficient (Wildman–Crippen LogP) is 5.98. The Kier molecular flexibility index (Phi) is 22.5. The number of carbonyl (C=O) groups excluding carboxylic acids is 1. The van der Waals surface area contributed by atoms with Crippen molar-refractivity contribution in [2.24, 2.45) is 5.92 Å². The molecule has 0 heterocycles. The van der Waals surface area contributed by atoms with E-state index in [1.165, 1.54) is 64.2 Å². The Morgan fingerprint density at radius 2 is 1.47 bits per heavy atom. The molecule has 0 saturated carbocycles. The third kappa shape index (κ3) is 20.6. The number of nitrogens with one attached hydrogen (secondary N) is 1. The van der Waals surface area contributed by atoms with Crippen molar-refractivity contribution in [1.82, 2.24) is 5.32 Å². The summed E-state index contributed by atoms with van der Waals surface area (Å²) in [5.41, 5.74) is 0. The van der Waals surface area contributed by atoms with Crippen molar-refractivity contribution in [3.8, 4) is 0 Å². The van der Waals surface area contributed by atoms with Crippen molar-refractivity contribution >= 4 is 5.97 Å². The standard InChI is InChI=1S/C25H51NO4/c1-4-6-8-11-15-24(16-12-9-7-5-2)18-21-30-25(28)17-13-10-14-19-26-23(3)29-22-20-27/h23-24,26-27H,4-22H2,1-3H3. The number of hydrogen-bond acceptors (Lipinski definition) is 5. The molecule has 5 nitrogen and oxygen atoms in total. The molecule has 0 aliphatic heterocycles. The Labute approximate surface area is 186 Å². The number of carbonyl (C=O) groups is 1. The SMILES string of the molecule is CCCCCCC(CCCCCC)CCOC(=O)CCCCCNC(C)OCCO. The average molecular weight is 430 g/mol. The fourth-order valence-electron chi connectivity index (χ4n) is 3.73. The van der Waals surface area contributed by atoms with Gasteiger partial charge in [-0.15, -0.1) is 0 Å². The van der Waals surface area contributed by atoms with E-state index in [-0.39, 0.29) is 18.8 Å². The van der Waals surface area contributed by atoms with Crippen LogP contribution in [0.1, 0.15) is 117 Å². The van der Waals surface area contributed by atoms with E-state index in [4.69, 9.17) is 14.6 Å². The molecule has 0 bridgehead atoms. The summed E-state index contributed by atoms with van der Waals surface area (Å²) in [5.74, 6) is 0.672. The highest BCUT2D eigenvalue weighted by atomic mass is 16.5. The van der Waals surface area contributed by atoms with Crippen molar-refractivity contribution in [2.45, 2.75) is 123 Å². The van der Waals surface area contributed by atoms with Gasteiger partial charge in [0.1, 0.15) is 6.23 Å². The fourth-order valence-corrected chi connectivity index (χ4v) is 3.73. The van der Waals surface area contributed by atoms with Gasteiger partial charge in [-0.1, -0.05) is 84.5 Å². The van der Waals surface area contributed by atoms with Gasteiger partial charge < -0.3 is 14.6 Å². The molecule has 5 heteroatoms. The Morgan fingerprint density at radius 1 is 0.833 bits per heavy atom. The van der Waals surface area contributed by atoms with E-state index in [0.717, 1.165) is 32.2 Å². The van der Waals surface area contributed by atoms with E-state index in [1.54, 1.807) is 0 Å². The van der Waals surface area contributed by atoms with Crippen LogP contribution in [0.4, 0.5) is 0 Å². The first-order valence-corrected chi connectivity index (χ1v) is 12.7. The molecular weight excluding hydrogens is 378 g/mol. The number of aliphatic hydroxyl groups excluding tert-OH is 1. The zero-order chi connectivity index (χ0) is 22.3. The first-order chi connectivity index (χ1) is 14.6. The van der Waals surface area contributed by atoms with Gasteiger partial charge in [0.05, 0.1) is 19.8 Å². The molecule has 0 rings (SSSR count). The second-order valence-corrected chi connectivity index (χ2v) is 8.58. The maximum atomic E-state index is 12.0. The second kappa shape index (κ2) is 23.0. The van der Waals surface area contributed by atoms with Gasteiger partial charge in [-0.05, 0) is 38.6 Å². The molecule has 1 atom stereocenters. The van der Waals surface area contributed by atoms with Crippen molar-refractivity contribution in [3.05, 3.63) is 0 Å². The number of rotatable bonds is 23. The van der Waals surface area contributed by atoms with E-state index in [9.17, 15) is 4.79 Å². The van der Waals surface area contributed by atoms with E-state index in [0.29, 0.717) is 25.6 Å². The number of unbranched alkanes of at least 4 members (excludes halogenated alkanes) is 8. The second-order valence-electron chi connectivity index (χ2n) is 8.58. The number of hydrogen-bond donors (Lipinski definition) is 2. The van der Waals surface area contributed by atoms with Crippen LogP contribution in [0.2, 0.25) is 0 Å². The average Bonchev–Trinajstić information content (AvgIpc) is 2.74. The monoisotopic (exact) mass is 429 g/mol. The van der Waals surface area contributed by atoms with Gasteiger partial charge in [-0.3, -0.25) is 10.1 Å². The van der Waals surface area contributed by atoms with Crippen LogP contribution in [0.25, 0.3) is 0 Å². The number of esters is 1. The van der Waals surface area contributed by atoms with Crippen LogP contribution in [0, 0.1) is 5.92 Å². The zero-order valence-electron chi connectivity index (χ0n) is 20.3. The van der Waals surface area contributed by atoms with Crippen LogP contribution in [-0.4, -0.2) is 43.7 Å². The molecule has 0 amide bonds. The van der Waals surface area contributed by atoms with Crippen molar-refractivity contribution < 1.29 is 19.4 Å². The van der Waals surface area contributed by atoms with E-state index >= 15 is 0 Å². The highest BCUT2D eigenvalue weighted by Crippen LogP contribution is 2.21. The first kappa shape index (κ1) is 29.4. The maximum Gasteiger partial charge on any atom is 0.305 e. The maximum absolute atomic E-state index is 12.0. The van der Waals surface area contributed by atoms with Gasteiger partial charge in [-0.25, -0.2) is 0 Å². The normalized spacial score (nSPS) is 12.4. The molecule has 2 N–H and O–H groups in total. The molecule has 30 heavy (non-hydrogen) atoms. The molecule has 0 aromatic carbocycles. The van der Waals surface area contributed by atoms with E-state index in [1.807, 2.05) is 6.92 Å². The van der Waals surface area contributed by atoms with Crippen LogP contribution in [0.5, 0.6) is 0 Å². The third-order valence-corrected chi connectivity index (χ3v) is 5.67. The summed E-state index contributed by atoms with van der Waals surface area (Å²) in [4.78, 5) is 12.0. The van der Waals surface area contributed by atoms with Crippen LogP contribution in [0.3, 0.4) is 0 Å². The van der Waals surface area contributed by atoms with Crippen molar-refractivity contribution in [3.63, 3.8) is 0 Å². The lowest BCUT2D eigenvalue weighted by molar-refractivity contribution is -0.144. The summed E-state index contributed by atoms with van der Waals surface area (Å²) in [7, 11) is 0. The molecule has 0 saturated heterocycles. The molecule has 180 valence electrons. The van der Waals surface area contributed by atoms with Crippen molar-refractivity contribution in [1.29, 1.82) is 0 Å². The van der Waals surface area contributed by atoms with E-state index in [2.05, 4.69) is 19.2 Å². The Balaban J connectivity index is 3.78. The summed E-state index contributed by atoms with van der Waals surface area (Å²) in [6.45, 7) is 8.31. The predicted molar refractivity (Wildman–Crippen MR) is 126 cm³/mol. The first-order valence-electron chi connectivity index (χ1n) is 12.7. The van der Waals surface area contributed by atoms with E-state index < -0.39 is 0 Å². The molecule has 1 unspecified atom stereocenters. The quantitative estimate of drug-likeness (QED) is 0.119. The Morgan fingerprint density at radius 3 is 2.07 bits per heavy atom. The van der Waals surface area contributed by atoms with Crippen LogP contribution < -0.4 is 5.32 Å². The van der Waals surface area contributed by atoms with Crippen LogP contribution in [-0.2, 0) is 14.3 Å². The smallest absolute Gasteiger partial charge is 0.305 e. The van der Waals surface area contributed by atoms with Gasteiger partial charge in [-0.2, -0.15) is 0 Å². The highest BCUT2D eigenvalue weighted by molar-refractivity contribution is 5.69. The van der Waals surface area contributed by atoms with Crippen LogP contribution >= 0.6 is 0 Å². The molecule has 0 aliphatic rings. The number of aliphatic hydroxyl groups is 1.